The van der Waals surface area contributed by atoms with E-state index in [-0.39, 0.29) is 0 Å². The zero-order valence-electron chi connectivity index (χ0n) is 21.4. The first-order valence-electron chi connectivity index (χ1n) is 12.8. The quantitative estimate of drug-likeness (QED) is 0.262. The summed E-state index contributed by atoms with van der Waals surface area (Å²) in [6.45, 7) is 6.44. The van der Waals surface area contributed by atoms with E-state index in [4.69, 9.17) is 15.1 Å². The molecule has 3 heterocycles. The predicted molar refractivity (Wildman–Crippen MR) is 139 cm³/mol. The van der Waals surface area contributed by atoms with Crippen molar-refractivity contribution in [1.29, 1.82) is 0 Å². The third-order valence-electron chi connectivity index (χ3n) is 7.08. The van der Waals surface area contributed by atoms with E-state index >= 15 is 0 Å². The van der Waals surface area contributed by atoms with Crippen LogP contribution in [0.1, 0.15) is 60.1 Å². The molecule has 0 saturated heterocycles. The Kier molecular flexibility index (Phi) is 5.81. The molecule has 0 N–H and O–H groups in total. The SMILES string of the molecule is Cc1cc(C(F)(F)F)nn1-c1ccc(Cn2nc3c4c(nc(-c5ccccc5C(C)C)nc42)CCC3)cc1. The molecule has 1 aliphatic carbocycles. The fourth-order valence-corrected chi connectivity index (χ4v) is 5.22. The van der Waals surface area contributed by atoms with Gasteiger partial charge < -0.3 is 0 Å². The molecule has 194 valence electrons. The lowest BCUT2D eigenvalue weighted by molar-refractivity contribution is -0.141. The van der Waals surface area contributed by atoms with E-state index in [9.17, 15) is 13.2 Å². The fraction of sp³-hybridized carbons (Fsp3) is 0.310. The molecule has 0 saturated carbocycles. The summed E-state index contributed by atoms with van der Waals surface area (Å²) in [5.41, 5.74) is 6.19. The molecular formula is C29H27F3N6. The van der Waals surface area contributed by atoms with Crippen LogP contribution in [0.3, 0.4) is 0 Å². The second-order valence-electron chi connectivity index (χ2n) is 10.1. The molecule has 3 aromatic heterocycles. The van der Waals surface area contributed by atoms with Crippen LogP contribution in [0.25, 0.3) is 28.1 Å². The summed E-state index contributed by atoms with van der Waals surface area (Å²) in [7, 11) is 0. The lowest BCUT2D eigenvalue weighted by Crippen LogP contribution is -2.08. The van der Waals surface area contributed by atoms with Crippen LogP contribution in [0, 0.1) is 6.92 Å². The highest BCUT2D eigenvalue weighted by molar-refractivity contribution is 5.84. The van der Waals surface area contributed by atoms with Crippen molar-refractivity contribution in [3.63, 3.8) is 0 Å². The van der Waals surface area contributed by atoms with Gasteiger partial charge in [-0.15, -0.1) is 0 Å². The number of aryl methyl sites for hydroxylation is 3. The van der Waals surface area contributed by atoms with Crippen molar-refractivity contribution < 1.29 is 13.2 Å². The highest BCUT2D eigenvalue weighted by Gasteiger charge is 2.34. The number of halogens is 3. The van der Waals surface area contributed by atoms with Crippen LogP contribution in [0.15, 0.2) is 54.6 Å². The second-order valence-corrected chi connectivity index (χ2v) is 10.1. The number of aromatic nitrogens is 6. The normalized spacial score (nSPS) is 13.6. The number of hydrogen-bond acceptors (Lipinski definition) is 4. The molecule has 5 aromatic rings. The topological polar surface area (TPSA) is 61.4 Å². The average Bonchev–Trinajstić information content (AvgIpc) is 3.46. The molecule has 0 aliphatic heterocycles. The third kappa shape index (κ3) is 4.25. The number of nitrogens with zero attached hydrogens (tertiary/aromatic N) is 6. The van der Waals surface area contributed by atoms with Gasteiger partial charge in [0.25, 0.3) is 0 Å². The third-order valence-corrected chi connectivity index (χ3v) is 7.08. The van der Waals surface area contributed by atoms with E-state index in [1.54, 1.807) is 19.1 Å². The standard InChI is InChI=1S/C29H27F3N6/c1-17(2)21-7-4-5-8-22(21)27-33-23-9-6-10-24-26(23)28(34-27)37(35-24)16-19-11-13-20(14-12-19)38-18(3)15-25(36-38)29(30,31)32/h4-5,7-8,11-15,17H,6,9-10,16H2,1-3H3. The van der Waals surface area contributed by atoms with E-state index in [0.29, 0.717) is 23.8 Å². The van der Waals surface area contributed by atoms with Gasteiger partial charge in [0, 0.05) is 11.3 Å². The van der Waals surface area contributed by atoms with Gasteiger partial charge in [-0.1, -0.05) is 50.2 Å². The fourth-order valence-electron chi connectivity index (χ4n) is 5.22. The summed E-state index contributed by atoms with van der Waals surface area (Å²) in [4.78, 5) is 10.0. The maximum Gasteiger partial charge on any atom is 0.435 e. The molecule has 0 fully saturated rings. The summed E-state index contributed by atoms with van der Waals surface area (Å²) in [5.74, 6) is 1.06. The summed E-state index contributed by atoms with van der Waals surface area (Å²) in [6.07, 6.45) is -1.69. The maximum absolute atomic E-state index is 13.1. The zero-order valence-corrected chi connectivity index (χ0v) is 21.4. The van der Waals surface area contributed by atoms with Gasteiger partial charge >= 0.3 is 6.18 Å². The Morgan fingerprint density at radius 1 is 0.921 bits per heavy atom. The molecule has 6 rings (SSSR count). The van der Waals surface area contributed by atoms with Crippen molar-refractivity contribution >= 4 is 11.0 Å². The highest BCUT2D eigenvalue weighted by atomic mass is 19.4. The second kappa shape index (κ2) is 9.08. The van der Waals surface area contributed by atoms with Crippen LogP contribution < -0.4 is 0 Å². The van der Waals surface area contributed by atoms with Crippen molar-refractivity contribution in [3.05, 3.63) is 88.5 Å². The minimum Gasteiger partial charge on any atom is -0.242 e. The van der Waals surface area contributed by atoms with Gasteiger partial charge in [-0.05, 0) is 61.4 Å². The molecule has 6 nitrogen and oxygen atoms in total. The van der Waals surface area contributed by atoms with E-state index < -0.39 is 11.9 Å². The number of hydrogen-bond donors (Lipinski definition) is 0. The van der Waals surface area contributed by atoms with Crippen molar-refractivity contribution in [2.24, 2.45) is 0 Å². The van der Waals surface area contributed by atoms with Gasteiger partial charge in [-0.25, -0.2) is 19.3 Å². The van der Waals surface area contributed by atoms with Crippen LogP contribution in [0.5, 0.6) is 0 Å². The monoisotopic (exact) mass is 516 g/mol. The van der Waals surface area contributed by atoms with Gasteiger partial charge in [0.2, 0.25) is 0 Å². The Balaban J connectivity index is 1.37. The van der Waals surface area contributed by atoms with E-state index in [2.05, 4.69) is 31.1 Å². The van der Waals surface area contributed by atoms with E-state index in [1.165, 1.54) is 10.2 Å². The molecule has 9 heteroatoms. The number of rotatable bonds is 5. The number of alkyl halides is 3. The first-order valence-corrected chi connectivity index (χ1v) is 12.8. The number of benzene rings is 2. The largest absolute Gasteiger partial charge is 0.435 e. The van der Waals surface area contributed by atoms with Gasteiger partial charge in [-0.3, -0.25) is 0 Å². The van der Waals surface area contributed by atoms with Crippen LogP contribution in [0.4, 0.5) is 13.2 Å². The lowest BCUT2D eigenvalue weighted by atomic mass is 9.96. The summed E-state index contributed by atoms with van der Waals surface area (Å²) >= 11 is 0. The Morgan fingerprint density at radius 2 is 1.66 bits per heavy atom. The molecule has 0 bridgehead atoms. The van der Waals surface area contributed by atoms with Crippen LogP contribution in [-0.4, -0.2) is 29.5 Å². The van der Waals surface area contributed by atoms with Gasteiger partial charge in [0.1, 0.15) is 0 Å². The molecule has 0 radical (unpaired) electrons. The Labute approximate surface area is 218 Å². The van der Waals surface area contributed by atoms with Crippen LogP contribution in [-0.2, 0) is 25.6 Å². The van der Waals surface area contributed by atoms with Gasteiger partial charge in [-0.2, -0.15) is 23.4 Å². The molecule has 38 heavy (non-hydrogen) atoms. The molecule has 0 unspecified atom stereocenters. The predicted octanol–water partition coefficient (Wildman–Crippen LogP) is 6.67. The summed E-state index contributed by atoms with van der Waals surface area (Å²) in [5, 5.41) is 9.70. The van der Waals surface area contributed by atoms with Crippen LogP contribution >= 0.6 is 0 Å². The minimum absolute atomic E-state index is 0.339. The Morgan fingerprint density at radius 3 is 2.37 bits per heavy atom. The Hall–Kier alpha value is -4.01. The lowest BCUT2D eigenvalue weighted by Gasteiger charge is -2.15. The van der Waals surface area contributed by atoms with Gasteiger partial charge in [0.15, 0.2) is 17.2 Å². The molecular weight excluding hydrogens is 489 g/mol. The van der Waals surface area contributed by atoms with E-state index in [1.807, 2.05) is 28.9 Å². The van der Waals surface area contributed by atoms with Crippen molar-refractivity contribution in [3.8, 4) is 17.1 Å². The molecule has 1 aliphatic rings. The first kappa shape index (κ1) is 24.3. The first-order chi connectivity index (χ1) is 18.2. The molecule has 0 spiro atoms. The summed E-state index contributed by atoms with van der Waals surface area (Å²) < 4.78 is 42.5. The molecule has 0 amide bonds. The summed E-state index contributed by atoms with van der Waals surface area (Å²) in [6, 6.07) is 16.7. The van der Waals surface area contributed by atoms with Gasteiger partial charge in [0.05, 0.1) is 29.0 Å². The minimum atomic E-state index is -4.48. The van der Waals surface area contributed by atoms with Crippen molar-refractivity contribution in [2.75, 3.05) is 0 Å². The Bertz CT molecular complexity index is 1640. The van der Waals surface area contributed by atoms with Crippen molar-refractivity contribution in [1.82, 2.24) is 29.5 Å². The van der Waals surface area contributed by atoms with Crippen molar-refractivity contribution in [2.45, 2.75) is 58.7 Å². The molecule has 0 atom stereocenters. The average molecular weight is 517 g/mol. The maximum atomic E-state index is 13.1. The zero-order chi connectivity index (χ0) is 26.6. The molecule has 2 aromatic carbocycles. The van der Waals surface area contributed by atoms with E-state index in [0.717, 1.165) is 64.7 Å². The van der Waals surface area contributed by atoms with Crippen LogP contribution in [0.2, 0.25) is 0 Å². The highest BCUT2D eigenvalue weighted by Crippen LogP contribution is 2.33. The smallest absolute Gasteiger partial charge is 0.242 e.